The van der Waals surface area contributed by atoms with E-state index in [0.29, 0.717) is 24.3 Å². The number of hydrogen-bond donors (Lipinski definition) is 3. The SMILES string of the molecule is CCN(Cc1ccccc1)c1ccc(C(=O)O)cc1NC(=O)c1ccc(Br)cc1.O=C(O)C(F)(F)F. The lowest BCUT2D eigenvalue weighted by molar-refractivity contribution is -0.192. The molecule has 190 valence electrons. The van der Waals surface area contributed by atoms with Gasteiger partial charge < -0.3 is 20.4 Å². The number of carboxylic acid groups (broad SMARTS) is 2. The van der Waals surface area contributed by atoms with Crippen molar-refractivity contribution in [3.8, 4) is 0 Å². The van der Waals surface area contributed by atoms with E-state index in [1.54, 1.807) is 36.4 Å². The average molecular weight is 567 g/mol. The molecule has 7 nitrogen and oxygen atoms in total. The van der Waals surface area contributed by atoms with E-state index in [1.807, 2.05) is 37.3 Å². The van der Waals surface area contributed by atoms with Gasteiger partial charge in [0, 0.05) is 23.1 Å². The molecular formula is C25H22BrF3N2O5. The van der Waals surface area contributed by atoms with E-state index in [0.717, 1.165) is 15.7 Å². The van der Waals surface area contributed by atoms with Crippen molar-refractivity contribution in [3.63, 3.8) is 0 Å². The van der Waals surface area contributed by atoms with Gasteiger partial charge in [-0.25, -0.2) is 9.59 Å². The molecule has 0 fully saturated rings. The van der Waals surface area contributed by atoms with Gasteiger partial charge in [-0.2, -0.15) is 13.2 Å². The number of amides is 1. The minimum absolute atomic E-state index is 0.121. The molecule has 0 aliphatic carbocycles. The highest BCUT2D eigenvalue weighted by Gasteiger charge is 2.38. The Morgan fingerprint density at radius 1 is 0.917 bits per heavy atom. The van der Waals surface area contributed by atoms with E-state index >= 15 is 0 Å². The average Bonchev–Trinajstić information content (AvgIpc) is 2.83. The normalized spacial score (nSPS) is 10.6. The van der Waals surface area contributed by atoms with Gasteiger partial charge in [0.05, 0.1) is 16.9 Å². The zero-order valence-electron chi connectivity index (χ0n) is 18.9. The Bertz CT molecular complexity index is 1200. The number of aromatic carboxylic acids is 1. The maximum atomic E-state index is 12.7. The number of benzene rings is 3. The van der Waals surface area contributed by atoms with E-state index in [4.69, 9.17) is 9.90 Å². The summed E-state index contributed by atoms with van der Waals surface area (Å²) >= 11 is 3.35. The molecule has 0 aliphatic heterocycles. The second-order valence-corrected chi connectivity index (χ2v) is 8.22. The first-order valence-corrected chi connectivity index (χ1v) is 11.2. The van der Waals surface area contributed by atoms with Crippen LogP contribution in [0.2, 0.25) is 0 Å². The number of carbonyl (C=O) groups excluding carboxylic acids is 1. The maximum absolute atomic E-state index is 12.7. The molecule has 3 aromatic rings. The summed E-state index contributed by atoms with van der Waals surface area (Å²) < 4.78 is 32.6. The third kappa shape index (κ3) is 8.42. The fourth-order valence-electron chi connectivity index (χ4n) is 3.01. The van der Waals surface area contributed by atoms with Crippen molar-refractivity contribution >= 4 is 45.2 Å². The molecule has 0 unspecified atom stereocenters. The Morgan fingerprint density at radius 2 is 1.47 bits per heavy atom. The lowest BCUT2D eigenvalue weighted by atomic mass is 10.1. The van der Waals surface area contributed by atoms with Gasteiger partial charge in [-0.3, -0.25) is 4.79 Å². The van der Waals surface area contributed by atoms with E-state index in [1.165, 1.54) is 6.07 Å². The second kappa shape index (κ2) is 12.7. The highest BCUT2D eigenvalue weighted by Crippen LogP contribution is 2.29. The second-order valence-electron chi connectivity index (χ2n) is 7.30. The monoisotopic (exact) mass is 566 g/mol. The van der Waals surface area contributed by atoms with Gasteiger partial charge in [0.15, 0.2) is 0 Å². The summed E-state index contributed by atoms with van der Waals surface area (Å²) in [5.41, 5.74) is 2.98. The van der Waals surface area contributed by atoms with Crippen molar-refractivity contribution in [1.29, 1.82) is 0 Å². The molecule has 0 bridgehead atoms. The van der Waals surface area contributed by atoms with Crippen molar-refractivity contribution in [3.05, 3.63) is 94.0 Å². The highest BCUT2D eigenvalue weighted by molar-refractivity contribution is 9.10. The minimum Gasteiger partial charge on any atom is -0.478 e. The third-order valence-corrected chi connectivity index (χ3v) is 5.31. The zero-order valence-corrected chi connectivity index (χ0v) is 20.5. The number of rotatable bonds is 7. The summed E-state index contributed by atoms with van der Waals surface area (Å²) in [6.45, 7) is 3.36. The molecule has 3 rings (SSSR count). The Labute approximate surface area is 213 Å². The van der Waals surface area contributed by atoms with Gasteiger partial charge in [-0.1, -0.05) is 46.3 Å². The molecular weight excluding hydrogens is 545 g/mol. The largest absolute Gasteiger partial charge is 0.490 e. The summed E-state index contributed by atoms with van der Waals surface area (Å²) in [6.07, 6.45) is -5.08. The van der Waals surface area contributed by atoms with Crippen molar-refractivity contribution < 1.29 is 37.8 Å². The Kier molecular flexibility index (Phi) is 10.0. The van der Waals surface area contributed by atoms with Gasteiger partial charge in [-0.15, -0.1) is 0 Å². The summed E-state index contributed by atoms with van der Waals surface area (Å²) in [4.78, 5) is 35.2. The van der Waals surface area contributed by atoms with Gasteiger partial charge >= 0.3 is 18.1 Å². The summed E-state index contributed by atoms with van der Waals surface area (Å²) in [7, 11) is 0. The van der Waals surface area contributed by atoms with Crippen LogP contribution in [0.5, 0.6) is 0 Å². The van der Waals surface area contributed by atoms with Crippen molar-refractivity contribution in [2.45, 2.75) is 19.6 Å². The molecule has 3 N–H and O–H groups in total. The Hall–Kier alpha value is -3.86. The van der Waals surface area contributed by atoms with Crippen LogP contribution in [0, 0.1) is 0 Å². The number of nitrogens with one attached hydrogen (secondary N) is 1. The maximum Gasteiger partial charge on any atom is 0.490 e. The van der Waals surface area contributed by atoms with Crippen molar-refractivity contribution in [2.75, 3.05) is 16.8 Å². The van der Waals surface area contributed by atoms with Crippen LogP contribution in [0.15, 0.2) is 77.3 Å². The molecule has 3 aromatic carbocycles. The van der Waals surface area contributed by atoms with Crippen LogP contribution in [0.3, 0.4) is 0 Å². The number of nitrogens with zero attached hydrogens (tertiary/aromatic N) is 1. The fourth-order valence-corrected chi connectivity index (χ4v) is 3.28. The molecule has 0 aromatic heterocycles. The zero-order chi connectivity index (χ0) is 26.9. The van der Waals surface area contributed by atoms with Gasteiger partial charge in [0.1, 0.15) is 0 Å². The topological polar surface area (TPSA) is 107 Å². The van der Waals surface area contributed by atoms with Crippen LogP contribution in [0.4, 0.5) is 24.5 Å². The number of anilines is 2. The molecule has 36 heavy (non-hydrogen) atoms. The van der Waals surface area contributed by atoms with Gasteiger partial charge in [-0.05, 0) is 55.0 Å². The minimum atomic E-state index is -5.08. The number of halogens is 4. The third-order valence-electron chi connectivity index (χ3n) is 4.78. The van der Waals surface area contributed by atoms with Crippen LogP contribution < -0.4 is 10.2 Å². The number of alkyl halides is 3. The number of hydrogen-bond acceptors (Lipinski definition) is 4. The van der Waals surface area contributed by atoms with E-state index in [-0.39, 0.29) is 11.5 Å². The molecule has 0 radical (unpaired) electrons. The van der Waals surface area contributed by atoms with Crippen LogP contribution in [0.25, 0.3) is 0 Å². The van der Waals surface area contributed by atoms with Crippen LogP contribution in [-0.2, 0) is 11.3 Å². The Morgan fingerprint density at radius 3 is 1.97 bits per heavy atom. The predicted octanol–water partition coefficient (Wildman–Crippen LogP) is 6.06. The smallest absolute Gasteiger partial charge is 0.478 e. The van der Waals surface area contributed by atoms with E-state index in [2.05, 4.69) is 26.1 Å². The summed E-state index contributed by atoms with van der Waals surface area (Å²) in [5, 5.41) is 19.4. The number of aliphatic carboxylic acids is 1. The van der Waals surface area contributed by atoms with Crippen LogP contribution >= 0.6 is 15.9 Å². The highest BCUT2D eigenvalue weighted by atomic mass is 79.9. The molecule has 0 saturated heterocycles. The lowest BCUT2D eigenvalue weighted by Gasteiger charge is -2.26. The summed E-state index contributed by atoms with van der Waals surface area (Å²) in [5.74, 6) is -4.09. The quantitative estimate of drug-likeness (QED) is 0.321. The van der Waals surface area contributed by atoms with Crippen molar-refractivity contribution in [1.82, 2.24) is 0 Å². The van der Waals surface area contributed by atoms with Gasteiger partial charge in [0.25, 0.3) is 5.91 Å². The molecule has 0 atom stereocenters. The number of carboxylic acids is 2. The predicted molar refractivity (Wildman–Crippen MR) is 132 cm³/mol. The fraction of sp³-hybridized carbons (Fsp3) is 0.160. The standard InChI is InChI=1S/C23H21BrN2O3.C2HF3O2/c1-2-26(15-16-6-4-3-5-7-16)21-13-10-18(23(28)29)14-20(21)25-22(27)17-8-11-19(24)12-9-17;3-2(4,5)1(6)7/h3-14H,2,15H2,1H3,(H,25,27)(H,28,29);(H,6,7). The van der Waals surface area contributed by atoms with Gasteiger partial charge in [0.2, 0.25) is 0 Å². The van der Waals surface area contributed by atoms with Crippen molar-refractivity contribution in [2.24, 2.45) is 0 Å². The van der Waals surface area contributed by atoms with E-state index < -0.39 is 18.1 Å². The first-order chi connectivity index (χ1) is 16.9. The molecule has 1 amide bonds. The van der Waals surface area contributed by atoms with Crippen LogP contribution in [0.1, 0.15) is 33.2 Å². The summed E-state index contributed by atoms with van der Waals surface area (Å²) in [6, 6.07) is 21.8. The van der Waals surface area contributed by atoms with E-state index in [9.17, 15) is 27.9 Å². The van der Waals surface area contributed by atoms with Crippen LogP contribution in [-0.4, -0.2) is 40.8 Å². The number of carbonyl (C=O) groups is 3. The molecule has 11 heteroatoms. The lowest BCUT2D eigenvalue weighted by Crippen LogP contribution is -2.24. The molecule has 0 saturated carbocycles. The first kappa shape index (κ1) is 28.4. The Balaban J connectivity index is 0.000000572. The first-order valence-electron chi connectivity index (χ1n) is 10.5. The molecule has 0 aliphatic rings. The molecule has 0 heterocycles. The molecule has 0 spiro atoms.